The minimum Gasteiger partial charge on any atom is -0.307 e. The van der Waals surface area contributed by atoms with Crippen molar-refractivity contribution in [3.05, 3.63) is 151 Å². The zero-order valence-electron chi connectivity index (χ0n) is 40.3. The van der Waals surface area contributed by atoms with Gasteiger partial charge in [-0.25, -0.2) is 9.97 Å². The summed E-state index contributed by atoms with van der Waals surface area (Å²) in [6.07, 6.45) is 3.02. The van der Waals surface area contributed by atoms with E-state index in [9.17, 15) is 4.11 Å². The second-order valence-corrected chi connectivity index (χ2v) is 9.60. The number of hydrogen-bond donors (Lipinski definition) is 0. The Morgan fingerprint density at radius 2 is 1.18 bits per heavy atom. The molecule has 0 N–H and O–H groups in total. The summed E-state index contributed by atoms with van der Waals surface area (Å²) in [4.78, 5) is 13.5. The molecular weight excluding hydrogens is 538 g/mol. The Kier molecular flexibility index (Phi) is 2.80. The lowest BCUT2D eigenvalue weighted by molar-refractivity contribution is 0.994. The van der Waals surface area contributed by atoms with E-state index in [2.05, 4.69) is 15.0 Å². The number of nitrogens with zero attached hydrogens (tertiary/aromatic N) is 5. The van der Waals surface area contributed by atoms with Crippen LogP contribution in [0.2, 0.25) is 0 Å². The van der Waals surface area contributed by atoms with Gasteiger partial charge in [0.15, 0.2) is 0 Å². The predicted octanol–water partition coefficient (Wildman–Crippen LogP) is 9.40. The Morgan fingerprint density at radius 1 is 0.523 bits per heavy atom. The van der Waals surface area contributed by atoms with Crippen LogP contribution in [-0.2, 0) is 0 Å². The van der Waals surface area contributed by atoms with E-state index in [1.165, 1.54) is 10.8 Å². The maximum absolute atomic E-state index is 9.69. The molecule has 0 saturated carbocycles. The normalized spacial score (nSPS) is 17.4. The fourth-order valence-corrected chi connectivity index (χ4v) is 5.42. The summed E-state index contributed by atoms with van der Waals surface area (Å²) in [7, 11) is 0. The first-order valence-electron chi connectivity index (χ1n) is 22.2. The van der Waals surface area contributed by atoms with E-state index in [4.69, 9.17) is 20.6 Å². The molecule has 0 aliphatic carbocycles. The molecule has 0 spiro atoms. The molecule has 5 heteroatoms. The van der Waals surface area contributed by atoms with Gasteiger partial charge in [-0.2, -0.15) is 0 Å². The van der Waals surface area contributed by atoms with E-state index in [0.717, 1.165) is 4.57 Å². The zero-order chi connectivity index (χ0) is 44.7. The summed E-state index contributed by atoms with van der Waals surface area (Å²) in [6, 6.07) is -4.80. The topological polar surface area (TPSA) is 48.5 Å². The molecule has 44 heavy (non-hydrogen) atoms. The molecule has 0 radical (unpaired) electrons. The molecule has 0 amide bonds. The van der Waals surface area contributed by atoms with Crippen molar-refractivity contribution in [3.8, 4) is 34.2 Å². The van der Waals surface area contributed by atoms with Gasteiger partial charge < -0.3 is 4.57 Å². The number of pyridine rings is 1. The largest absolute Gasteiger partial charge is 0.307 e. The van der Waals surface area contributed by atoms with Gasteiger partial charge >= 0.3 is 0 Å². The second kappa shape index (κ2) is 9.75. The Balaban J connectivity index is 1.57. The molecule has 4 heterocycles. The van der Waals surface area contributed by atoms with Crippen LogP contribution >= 0.6 is 0 Å². The highest BCUT2D eigenvalue weighted by atomic mass is 15.2. The number of rotatable bonds is 4. The number of fused-ring (bicyclic) bond motifs is 6. The van der Waals surface area contributed by atoms with E-state index < -0.39 is 148 Å². The third-order valence-corrected chi connectivity index (χ3v) is 7.23. The van der Waals surface area contributed by atoms with Crippen LogP contribution in [0, 0.1) is 0 Å². The van der Waals surface area contributed by atoms with E-state index >= 15 is 0 Å². The quantitative estimate of drug-likeness (QED) is 0.208. The Bertz CT molecular complexity index is 3370. The minimum atomic E-state index is -0.824. The molecule has 0 aliphatic rings. The first-order valence-corrected chi connectivity index (χ1v) is 13.2. The van der Waals surface area contributed by atoms with Gasteiger partial charge in [-0.3, -0.25) is 9.55 Å². The van der Waals surface area contributed by atoms with Crippen molar-refractivity contribution >= 4 is 43.6 Å². The van der Waals surface area contributed by atoms with Crippen LogP contribution in [-0.4, -0.2) is 24.1 Å². The van der Waals surface area contributed by atoms with Gasteiger partial charge in [0.25, 0.3) is 0 Å². The predicted molar refractivity (Wildman–Crippen MR) is 179 cm³/mol. The van der Waals surface area contributed by atoms with E-state index in [0.29, 0.717) is 21.8 Å². The molecule has 9 aromatic rings. The maximum atomic E-state index is 9.69. The molecule has 4 aromatic heterocycles. The fraction of sp³-hybridized carbons (Fsp3) is 0. The van der Waals surface area contributed by atoms with Crippen LogP contribution in [0.3, 0.4) is 0 Å². The molecule has 0 unspecified atom stereocenters. The van der Waals surface area contributed by atoms with Crippen molar-refractivity contribution in [2.45, 2.75) is 0 Å². The molecule has 9 rings (SSSR count). The Labute approximate surface area is 278 Å². The van der Waals surface area contributed by atoms with E-state index in [1.807, 2.05) is 0 Å². The molecule has 0 fully saturated rings. The second-order valence-electron chi connectivity index (χ2n) is 9.60. The summed E-state index contributed by atoms with van der Waals surface area (Å²) in [6.45, 7) is 0. The SMILES string of the molecule is [2H]c1c(-c2c([2H])c([2H])c([2H])c([2H])c2[2H])nc(-n2c3c([2H])c([2H])c([2H])c([2H])c3c3c([2H])c([2H])c([2H])c([2H])c32)nc1-c1c([2H])c([2H])c([2H])c([2H])c1-n1c2ccccc2c2ccncc21. The van der Waals surface area contributed by atoms with Crippen LogP contribution in [0.15, 0.2) is 151 Å². The molecule has 206 valence electrons. The Hall–Kier alpha value is -6.07. The van der Waals surface area contributed by atoms with E-state index in [1.54, 1.807) is 36.5 Å². The molecule has 5 nitrogen and oxygen atoms in total. The molecule has 5 aromatic carbocycles. The zero-order valence-corrected chi connectivity index (χ0v) is 22.3. The van der Waals surface area contributed by atoms with Crippen molar-refractivity contribution < 1.29 is 24.7 Å². The van der Waals surface area contributed by atoms with Crippen molar-refractivity contribution in [3.63, 3.8) is 0 Å². The van der Waals surface area contributed by atoms with Gasteiger partial charge in [0.05, 0.1) is 70.0 Å². The molecular formula is C39H25N5. The van der Waals surface area contributed by atoms with Gasteiger partial charge in [-0.1, -0.05) is 103 Å². The minimum absolute atomic E-state index is 0.244. The van der Waals surface area contributed by atoms with E-state index in [-0.39, 0.29) is 16.5 Å². The Morgan fingerprint density at radius 3 is 2.00 bits per heavy atom. The number of benzene rings is 5. The summed E-state index contributed by atoms with van der Waals surface area (Å²) >= 11 is 0. The van der Waals surface area contributed by atoms with Crippen LogP contribution < -0.4 is 0 Å². The third kappa shape index (κ3) is 3.69. The number of para-hydroxylation sites is 4. The standard InChI is InChI=1S/C39H25N5/c1-2-12-26(13-3-1)32-24-33(42-39(41-32)44-35-19-9-5-14-27(35)28-15-6-10-20-36(28)44)31-17-7-11-21-37(31)43-34-18-8-4-16-29(34)30-22-23-40-25-38(30)43/h1-25H/i1D,2D,3D,5D,6D,7D,9D,10D,11D,12D,13D,14D,15D,17D,19D,20D,21D,24D. The van der Waals surface area contributed by atoms with Crippen molar-refractivity contribution in [2.24, 2.45) is 0 Å². The highest BCUT2D eigenvalue weighted by molar-refractivity contribution is 6.10. The van der Waals surface area contributed by atoms with Crippen LogP contribution in [0.1, 0.15) is 24.7 Å². The summed E-state index contributed by atoms with van der Waals surface area (Å²) in [5, 5.41) is 0.577. The highest BCUT2D eigenvalue weighted by Gasteiger charge is 2.20. The van der Waals surface area contributed by atoms with Gasteiger partial charge in [0, 0.05) is 38.9 Å². The first kappa shape index (κ1) is 12.7. The van der Waals surface area contributed by atoms with Gasteiger partial charge in [0.1, 0.15) is 0 Å². The monoisotopic (exact) mass is 581 g/mol. The third-order valence-electron chi connectivity index (χ3n) is 7.23. The lowest BCUT2D eigenvalue weighted by Crippen LogP contribution is -2.05. The van der Waals surface area contributed by atoms with Gasteiger partial charge in [0.2, 0.25) is 5.95 Å². The molecule has 0 bridgehead atoms. The molecule has 0 saturated heterocycles. The summed E-state index contributed by atoms with van der Waals surface area (Å²) in [5.74, 6) is -0.699. The molecule has 0 aliphatic heterocycles. The fourth-order valence-electron chi connectivity index (χ4n) is 5.42. The first-order chi connectivity index (χ1) is 29.3. The van der Waals surface area contributed by atoms with Crippen LogP contribution in [0.4, 0.5) is 0 Å². The van der Waals surface area contributed by atoms with Gasteiger partial charge in [-0.15, -0.1) is 0 Å². The lowest BCUT2D eigenvalue weighted by Gasteiger charge is -2.16. The number of hydrogen-bond acceptors (Lipinski definition) is 3. The highest BCUT2D eigenvalue weighted by Crippen LogP contribution is 2.37. The maximum Gasteiger partial charge on any atom is 0.235 e. The molecule has 0 atom stereocenters. The average molecular weight is 582 g/mol. The summed E-state index contributed by atoms with van der Waals surface area (Å²) < 4.78 is 161. The van der Waals surface area contributed by atoms with Crippen molar-refractivity contribution in [1.29, 1.82) is 0 Å². The smallest absolute Gasteiger partial charge is 0.235 e. The summed E-state index contributed by atoms with van der Waals surface area (Å²) in [5.41, 5.74) is -2.68. The average Bonchev–Trinajstić information content (AvgIpc) is 3.80. The lowest BCUT2D eigenvalue weighted by atomic mass is 10.1. The van der Waals surface area contributed by atoms with Crippen LogP contribution in [0.25, 0.3) is 77.8 Å². The number of aromatic nitrogens is 5. The van der Waals surface area contributed by atoms with Gasteiger partial charge in [-0.05, 0) is 36.3 Å². The van der Waals surface area contributed by atoms with Crippen LogP contribution in [0.5, 0.6) is 0 Å². The van der Waals surface area contributed by atoms with Crippen molar-refractivity contribution in [1.82, 2.24) is 24.1 Å². The van der Waals surface area contributed by atoms with Crippen molar-refractivity contribution in [2.75, 3.05) is 0 Å².